The molecule has 2 aliphatic rings. The van der Waals surface area contributed by atoms with Gasteiger partial charge >= 0.3 is 0 Å². The summed E-state index contributed by atoms with van der Waals surface area (Å²) in [6.45, 7) is 5.64. The number of piperidine rings is 1. The molecule has 5 heteroatoms. The van der Waals surface area contributed by atoms with Crippen LogP contribution in [0.2, 0.25) is 0 Å². The summed E-state index contributed by atoms with van der Waals surface area (Å²) in [5.41, 5.74) is 4.60. The Balaban J connectivity index is 1.83. The summed E-state index contributed by atoms with van der Waals surface area (Å²) in [5.74, 6) is 0.191. The van der Waals surface area contributed by atoms with Crippen molar-refractivity contribution in [2.45, 2.75) is 33.1 Å². The number of anilines is 1. The highest BCUT2D eigenvalue weighted by Crippen LogP contribution is 2.37. The molecule has 2 heterocycles. The molecule has 0 unspecified atom stereocenters. The van der Waals surface area contributed by atoms with Crippen LogP contribution in [0, 0.1) is 13.8 Å². The number of carbonyl (C=O) groups is 2. The van der Waals surface area contributed by atoms with E-state index >= 15 is 0 Å². The van der Waals surface area contributed by atoms with Gasteiger partial charge in [-0.1, -0.05) is 23.8 Å². The van der Waals surface area contributed by atoms with E-state index in [0.29, 0.717) is 22.7 Å². The van der Waals surface area contributed by atoms with Crippen molar-refractivity contribution in [3.8, 4) is 5.75 Å². The van der Waals surface area contributed by atoms with Crippen molar-refractivity contribution < 1.29 is 14.3 Å². The first-order valence-electron chi connectivity index (χ1n) is 10.1. The van der Waals surface area contributed by atoms with Gasteiger partial charge in [-0.05, 0) is 68.5 Å². The second-order valence-electron chi connectivity index (χ2n) is 7.73. The highest BCUT2D eigenvalue weighted by atomic mass is 16.5. The van der Waals surface area contributed by atoms with Gasteiger partial charge in [0.1, 0.15) is 11.4 Å². The van der Waals surface area contributed by atoms with E-state index in [1.807, 2.05) is 26.0 Å². The van der Waals surface area contributed by atoms with Gasteiger partial charge in [0.15, 0.2) is 0 Å². The zero-order valence-electron chi connectivity index (χ0n) is 17.2. The van der Waals surface area contributed by atoms with Crippen molar-refractivity contribution in [3.63, 3.8) is 0 Å². The number of likely N-dealkylation sites (tertiary alicyclic amines) is 1. The van der Waals surface area contributed by atoms with Gasteiger partial charge in [-0.2, -0.15) is 0 Å². The number of ether oxygens (including phenoxy) is 1. The lowest BCUT2D eigenvalue weighted by Gasteiger charge is -2.29. The van der Waals surface area contributed by atoms with Gasteiger partial charge in [-0.25, -0.2) is 4.90 Å². The maximum absolute atomic E-state index is 13.6. The lowest BCUT2D eigenvalue weighted by molar-refractivity contribution is -0.120. The number of aryl methyl sites for hydroxylation is 2. The third kappa shape index (κ3) is 3.41. The highest BCUT2D eigenvalue weighted by molar-refractivity contribution is 6.45. The molecule has 2 aliphatic heterocycles. The monoisotopic (exact) mass is 390 g/mol. The zero-order chi connectivity index (χ0) is 20.5. The average molecular weight is 390 g/mol. The number of nitrogens with zero attached hydrogens (tertiary/aromatic N) is 2. The summed E-state index contributed by atoms with van der Waals surface area (Å²) in [4.78, 5) is 30.5. The quantitative estimate of drug-likeness (QED) is 0.738. The first kappa shape index (κ1) is 19.2. The molecule has 0 aliphatic carbocycles. The minimum Gasteiger partial charge on any atom is -0.497 e. The summed E-state index contributed by atoms with van der Waals surface area (Å²) in [7, 11) is 1.59. The summed E-state index contributed by atoms with van der Waals surface area (Å²) in [5, 5.41) is 0. The van der Waals surface area contributed by atoms with E-state index in [1.54, 1.807) is 31.4 Å². The zero-order valence-corrected chi connectivity index (χ0v) is 17.2. The fourth-order valence-electron chi connectivity index (χ4n) is 4.23. The molecule has 0 spiro atoms. The van der Waals surface area contributed by atoms with Crippen LogP contribution in [0.1, 0.15) is 36.0 Å². The first-order valence-corrected chi connectivity index (χ1v) is 10.1. The predicted molar refractivity (Wildman–Crippen MR) is 114 cm³/mol. The Kier molecular flexibility index (Phi) is 5.14. The third-order valence-electron chi connectivity index (χ3n) is 5.71. The number of hydrogen-bond donors (Lipinski definition) is 0. The second kappa shape index (κ2) is 7.74. The van der Waals surface area contributed by atoms with Crippen molar-refractivity contribution in [2.75, 3.05) is 25.1 Å². The number of rotatable bonds is 4. The van der Waals surface area contributed by atoms with Crippen LogP contribution in [-0.4, -0.2) is 36.9 Å². The van der Waals surface area contributed by atoms with Crippen molar-refractivity contribution >= 4 is 23.1 Å². The van der Waals surface area contributed by atoms with Crippen molar-refractivity contribution in [2.24, 2.45) is 0 Å². The normalized spacial score (nSPS) is 17.3. The molecule has 29 heavy (non-hydrogen) atoms. The Morgan fingerprint density at radius 1 is 0.862 bits per heavy atom. The molecule has 0 radical (unpaired) electrons. The number of hydrogen-bond acceptors (Lipinski definition) is 4. The van der Waals surface area contributed by atoms with Gasteiger partial charge in [0.05, 0.1) is 18.4 Å². The fourth-order valence-corrected chi connectivity index (χ4v) is 4.23. The minimum absolute atomic E-state index is 0.239. The Morgan fingerprint density at radius 3 is 2.17 bits per heavy atom. The van der Waals surface area contributed by atoms with Crippen LogP contribution < -0.4 is 9.64 Å². The van der Waals surface area contributed by atoms with Crippen molar-refractivity contribution in [1.29, 1.82) is 0 Å². The summed E-state index contributed by atoms with van der Waals surface area (Å²) < 4.78 is 5.21. The molecule has 0 aromatic heterocycles. The molecule has 5 nitrogen and oxygen atoms in total. The Labute approximate surface area is 171 Å². The smallest absolute Gasteiger partial charge is 0.282 e. The number of amides is 2. The van der Waals surface area contributed by atoms with Crippen molar-refractivity contribution in [3.05, 3.63) is 64.9 Å². The SMILES string of the molecule is COc1ccc(N2C(=O)C(c3ccc(C)cc3C)=C(N3CCCCC3)C2=O)cc1. The van der Waals surface area contributed by atoms with Crippen LogP contribution >= 0.6 is 0 Å². The van der Waals surface area contributed by atoms with Gasteiger partial charge in [0, 0.05) is 13.1 Å². The van der Waals surface area contributed by atoms with E-state index in [0.717, 1.165) is 49.0 Å². The molecule has 0 saturated carbocycles. The van der Waals surface area contributed by atoms with E-state index in [-0.39, 0.29) is 11.8 Å². The minimum atomic E-state index is -0.257. The van der Waals surface area contributed by atoms with Gasteiger partial charge in [0.25, 0.3) is 11.8 Å². The molecule has 2 aromatic rings. The maximum atomic E-state index is 13.6. The number of methoxy groups -OCH3 is 1. The van der Waals surface area contributed by atoms with E-state index in [9.17, 15) is 9.59 Å². The summed E-state index contributed by atoms with van der Waals surface area (Å²) in [6.07, 6.45) is 3.23. The third-order valence-corrected chi connectivity index (χ3v) is 5.71. The molecular formula is C24H26N2O3. The molecular weight excluding hydrogens is 364 g/mol. The maximum Gasteiger partial charge on any atom is 0.282 e. The molecule has 0 N–H and O–H groups in total. The van der Waals surface area contributed by atoms with Gasteiger partial charge < -0.3 is 9.64 Å². The Morgan fingerprint density at radius 2 is 1.55 bits per heavy atom. The first-order chi connectivity index (χ1) is 14.0. The highest BCUT2D eigenvalue weighted by Gasteiger charge is 2.43. The van der Waals surface area contributed by atoms with Gasteiger partial charge in [-0.15, -0.1) is 0 Å². The molecule has 4 rings (SSSR count). The largest absolute Gasteiger partial charge is 0.497 e. The van der Waals surface area contributed by atoms with E-state index < -0.39 is 0 Å². The lowest BCUT2D eigenvalue weighted by Crippen LogP contribution is -2.37. The van der Waals surface area contributed by atoms with Crippen LogP contribution in [-0.2, 0) is 9.59 Å². The van der Waals surface area contributed by atoms with E-state index in [1.165, 1.54) is 4.90 Å². The number of imide groups is 1. The standard InChI is InChI=1S/C24H26N2O3/c1-16-7-12-20(17(2)15-16)21-22(25-13-5-4-6-14-25)24(28)26(23(21)27)18-8-10-19(29-3)11-9-18/h7-12,15H,4-6,13-14H2,1-3H3. The van der Waals surface area contributed by atoms with Crippen LogP contribution in [0.15, 0.2) is 48.2 Å². The molecule has 0 bridgehead atoms. The van der Waals surface area contributed by atoms with Crippen LogP contribution in [0.25, 0.3) is 5.57 Å². The van der Waals surface area contributed by atoms with Crippen LogP contribution in [0.5, 0.6) is 5.75 Å². The summed E-state index contributed by atoms with van der Waals surface area (Å²) >= 11 is 0. The predicted octanol–water partition coefficient (Wildman–Crippen LogP) is 4.08. The second-order valence-corrected chi connectivity index (χ2v) is 7.73. The topological polar surface area (TPSA) is 49.9 Å². The number of benzene rings is 2. The Hall–Kier alpha value is -3.08. The average Bonchev–Trinajstić information content (AvgIpc) is 2.99. The van der Waals surface area contributed by atoms with Gasteiger partial charge in [0.2, 0.25) is 0 Å². The molecule has 0 atom stereocenters. The van der Waals surface area contributed by atoms with E-state index in [4.69, 9.17) is 4.74 Å². The van der Waals surface area contributed by atoms with Gasteiger partial charge in [-0.3, -0.25) is 9.59 Å². The molecule has 2 aromatic carbocycles. The molecule has 150 valence electrons. The Bertz CT molecular complexity index is 986. The molecule has 2 amide bonds. The van der Waals surface area contributed by atoms with Crippen molar-refractivity contribution in [1.82, 2.24) is 4.90 Å². The molecule has 1 saturated heterocycles. The fraction of sp³-hybridized carbons (Fsp3) is 0.333. The lowest BCUT2D eigenvalue weighted by atomic mass is 9.97. The van der Waals surface area contributed by atoms with Crippen LogP contribution in [0.4, 0.5) is 5.69 Å². The van der Waals surface area contributed by atoms with Crippen LogP contribution in [0.3, 0.4) is 0 Å². The number of carbonyl (C=O) groups excluding carboxylic acids is 2. The van der Waals surface area contributed by atoms with E-state index in [2.05, 4.69) is 11.0 Å². The molecule has 1 fully saturated rings. The summed E-state index contributed by atoms with van der Waals surface area (Å²) in [6, 6.07) is 13.1.